The largest absolute Gasteiger partial charge is 0.357 e. The van der Waals surface area contributed by atoms with Gasteiger partial charge in [-0.25, -0.2) is 9.97 Å². The number of H-pyrrole nitrogens is 2. The Hall–Kier alpha value is -4.46. The molecular weight excluding hydrogens is 554 g/mol. The Kier molecular flexibility index (Phi) is 6.67. The Labute approximate surface area is 263 Å². The summed E-state index contributed by atoms with van der Waals surface area (Å²) in [5, 5.41) is 7.18. The van der Waals surface area contributed by atoms with Gasteiger partial charge in [-0.1, -0.05) is 54.6 Å². The third-order valence-corrected chi connectivity index (χ3v) is 10.3. The highest BCUT2D eigenvalue weighted by atomic mass is 15.2. The number of aromatic nitrogens is 4. The normalized spacial score (nSPS) is 23.5. The molecule has 7 nitrogen and oxygen atoms in total. The molecule has 0 spiro atoms. The van der Waals surface area contributed by atoms with Crippen LogP contribution in [-0.2, 0) is 0 Å². The van der Waals surface area contributed by atoms with Crippen molar-refractivity contribution in [1.82, 2.24) is 30.6 Å². The second kappa shape index (κ2) is 11.2. The first-order valence-electron chi connectivity index (χ1n) is 16.7. The van der Waals surface area contributed by atoms with Gasteiger partial charge in [-0.05, 0) is 110 Å². The molecule has 3 fully saturated rings. The highest BCUT2D eigenvalue weighted by Crippen LogP contribution is 2.48. The van der Waals surface area contributed by atoms with Crippen molar-refractivity contribution in [3.63, 3.8) is 0 Å². The third kappa shape index (κ3) is 4.91. The maximum Gasteiger partial charge on any atom is 0.124 e. The summed E-state index contributed by atoms with van der Waals surface area (Å²) in [5.41, 5.74) is 10.8. The average Bonchev–Trinajstić information content (AvgIpc) is 3.93. The van der Waals surface area contributed by atoms with Crippen molar-refractivity contribution < 1.29 is 0 Å². The molecule has 226 valence electrons. The van der Waals surface area contributed by atoms with E-state index in [0.717, 1.165) is 72.5 Å². The zero-order valence-electron chi connectivity index (χ0n) is 25.5. The van der Waals surface area contributed by atoms with Crippen molar-refractivity contribution in [2.24, 2.45) is 0 Å². The van der Waals surface area contributed by atoms with Crippen LogP contribution in [0.3, 0.4) is 0 Å². The van der Waals surface area contributed by atoms with Crippen LogP contribution in [0, 0.1) is 0 Å². The minimum absolute atomic E-state index is 0.258. The van der Waals surface area contributed by atoms with E-state index in [1.165, 1.54) is 40.8 Å². The molecule has 4 N–H and O–H groups in total. The summed E-state index contributed by atoms with van der Waals surface area (Å²) in [6.45, 7) is 2.13. The Bertz CT molecular complexity index is 1840. The Balaban J connectivity index is 1.09. The summed E-state index contributed by atoms with van der Waals surface area (Å²) in [7, 11) is 0. The fourth-order valence-corrected chi connectivity index (χ4v) is 7.96. The topological polar surface area (TPSA) is 84.7 Å². The lowest BCUT2D eigenvalue weighted by Crippen LogP contribution is -2.26. The van der Waals surface area contributed by atoms with E-state index in [2.05, 4.69) is 116 Å². The van der Waals surface area contributed by atoms with Crippen LogP contribution < -0.4 is 15.5 Å². The fourth-order valence-electron chi connectivity index (χ4n) is 7.96. The van der Waals surface area contributed by atoms with Crippen molar-refractivity contribution in [2.75, 3.05) is 18.0 Å². The van der Waals surface area contributed by atoms with Gasteiger partial charge in [0.25, 0.3) is 0 Å². The molecule has 0 amide bonds. The van der Waals surface area contributed by atoms with Crippen molar-refractivity contribution >= 4 is 27.8 Å². The fraction of sp³-hybridized carbons (Fsp3) is 0.316. The molecule has 4 aromatic carbocycles. The van der Waals surface area contributed by atoms with Gasteiger partial charge >= 0.3 is 0 Å². The summed E-state index contributed by atoms with van der Waals surface area (Å²) in [5.74, 6) is 2.13. The van der Waals surface area contributed by atoms with E-state index in [1.54, 1.807) is 0 Å². The molecule has 45 heavy (non-hydrogen) atoms. The molecule has 0 radical (unpaired) electrons. The van der Waals surface area contributed by atoms with Crippen molar-refractivity contribution in [1.29, 1.82) is 0 Å². The van der Waals surface area contributed by atoms with E-state index in [-0.39, 0.29) is 12.1 Å². The zero-order valence-corrected chi connectivity index (χ0v) is 25.5. The first-order valence-corrected chi connectivity index (χ1v) is 16.7. The number of nitrogens with one attached hydrogen (secondary N) is 4. The number of imidazole rings is 2. The van der Waals surface area contributed by atoms with E-state index in [1.807, 2.05) is 0 Å². The van der Waals surface area contributed by atoms with Crippen LogP contribution in [0.5, 0.6) is 0 Å². The molecule has 5 heterocycles. The van der Waals surface area contributed by atoms with Gasteiger partial charge in [0.1, 0.15) is 11.6 Å². The lowest BCUT2D eigenvalue weighted by molar-refractivity contribution is 0.614. The molecule has 9 rings (SSSR count). The van der Waals surface area contributed by atoms with Gasteiger partial charge in [-0.2, -0.15) is 0 Å². The molecule has 7 heteroatoms. The SMILES string of the molecule is c1ccc(-c2ccc(N3[C@@H](c4ccc5nc([C@@H]6CCCN6)[nH]c5c4)CC[C@H]3c3ccc4nc([C@@H]5CCCN5)[nH]c4c3)cc2)cc1. The molecule has 0 aliphatic carbocycles. The predicted octanol–water partition coefficient (Wildman–Crippen LogP) is 8.04. The molecule has 2 aromatic heterocycles. The highest BCUT2D eigenvalue weighted by Gasteiger charge is 2.36. The maximum absolute atomic E-state index is 4.95. The van der Waals surface area contributed by atoms with Gasteiger partial charge in [0, 0.05) is 5.69 Å². The molecule has 3 aliphatic heterocycles. The summed E-state index contributed by atoms with van der Waals surface area (Å²) in [4.78, 5) is 19.9. The number of aromatic amines is 2. The molecule has 0 bridgehead atoms. The van der Waals surface area contributed by atoms with Crippen LogP contribution in [0.4, 0.5) is 5.69 Å². The van der Waals surface area contributed by atoms with E-state index in [9.17, 15) is 0 Å². The molecule has 3 aliphatic rings. The number of nitrogens with zero attached hydrogens (tertiary/aromatic N) is 3. The minimum Gasteiger partial charge on any atom is -0.357 e. The number of anilines is 1. The van der Waals surface area contributed by atoms with Crippen molar-refractivity contribution in [3.8, 4) is 11.1 Å². The average molecular weight is 594 g/mol. The molecule has 0 unspecified atom stereocenters. The van der Waals surface area contributed by atoms with E-state index in [4.69, 9.17) is 9.97 Å². The second-order valence-corrected chi connectivity index (χ2v) is 13.0. The zero-order chi connectivity index (χ0) is 29.7. The Morgan fingerprint density at radius 1 is 0.556 bits per heavy atom. The quantitative estimate of drug-likeness (QED) is 0.157. The van der Waals surface area contributed by atoms with Gasteiger partial charge in [0.05, 0.1) is 46.2 Å². The molecule has 0 saturated carbocycles. The lowest BCUT2D eigenvalue weighted by Gasteiger charge is -2.33. The van der Waals surface area contributed by atoms with Crippen LogP contribution in [0.1, 0.15) is 85.5 Å². The second-order valence-electron chi connectivity index (χ2n) is 13.0. The summed E-state index contributed by atoms with van der Waals surface area (Å²) in [6, 6.07) is 34.7. The predicted molar refractivity (Wildman–Crippen MR) is 181 cm³/mol. The molecular formula is C38H39N7. The van der Waals surface area contributed by atoms with Gasteiger partial charge in [-0.3, -0.25) is 0 Å². The standard InChI is InChI=1S/C38H39N7/c1-2-6-24(7-3-1)25-10-14-28(15-11-25)45-35(26-12-16-29-33(22-26)43-37(41-29)31-8-4-20-39-31)18-19-36(45)27-13-17-30-34(23-27)44-38(42-30)32-9-5-21-40-32/h1-3,6-7,10-17,22-23,31-32,35-36,39-40H,4-5,8-9,18-21H2,(H,41,43)(H,42,44)/t31-,32-,35-,36+/m0/s1. The number of fused-ring (bicyclic) bond motifs is 2. The lowest BCUT2D eigenvalue weighted by atomic mass is 10.0. The molecule has 3 saturated heterocycles. The van der Waals surface area contributed by atoms with E-state index in [0.29, 0.717) is 12.1 Å². The van der Waals surface area contributed by atoms with Crippen molar-refractivity contribution in [2.45, 2.75) is 62.7 Å². The number of hydrogen-bond donors (Lipinski definition) is 4. The Morgan fingerprint density at radius 2 is 1.09 bits per heavy atom. The van der Waals surface area contributed by atoms with Crippen LogP contribution in [0.2, 0.25) is 0 Å². The van der Waals surface area contributed by atoms with E-state index < -0.39 is 0 Å². The van der Waals surface area contributed by atoms with Crippen LogP contribution in [-0.4, -0.2) is 33.0 Å². The Morgan fingerprint density at radius 3 is 1.60 bits per heavy atom. The minimum atomic E-state index is 0.258. The van der Waals surface area contributed by atoms with Gasteiger partial charge in [-0.15, -0.1) is 0 Å². The highest BCUT2D eigenvalue weighted by molar-refractivity contribution is 5.78. The molecule has 6 aromatic rings. The van der Waals surface area contributed by atoms with Crippen LogP contribution in [0.15, 0.2) is 91.0 Å². The van der Waals surface area contributed by atoms with Crippen LogP contribution in [0.25, 0.3) is 33.2 Å². The van der Waals surface area contributed by atoms with Gasteiger partial charge < -0.3 is 25.5 Å². The number of rotatable bonds is 6. The third-order valence-electron chi connectivity index (χ3n) is 10.3. The monoisotopic (exact) mass is 593 g/mol. The van der Waals surface area contributed by atoms with Crippen LogP contribution >= 0.6 is 0 Å². The number of benzene rings is 4. The first kappa shape index (κ1) is 26.9. The summed E-state index contributed by atoms with van der Waals surface area (Å²) >= 11 is 0. The first-order chi connectivity index (χ1) is 22.3. The summed E-state index contributed by atoms with van der Waals surface area (Å²) in [6.07, 6.45) is 6.86. The summed E-state index contributed by atoms with van der Waals surface area (Å²) < 4.78 is 0. The van der Waals surface area contributed by atoms with Crippen molar-refractivity contribution in [3.05, 3.63) is 114 Å². The smallest absolute Gasteiger partial charge is 0.124 e. The van der Waals surface area contributed by atoms with Gasteiger partial charge in [0.15, 0.2) is 0 Å². The van der Waals surface area contributed by atoms with Gasteiger partial charge in [0.2, 0.25) is 0 Å². The van der Waals surface area contributed by atoms with E-state index >= 15 is 0 Å². The maximum atomic E-state index is 4.95. The molecule has 4 atom stereocenters. The number of hydrogen-bond acceptors (Lipinski definition) is 5.